The highest BCUT2D eigenvalue weighted by Gasteiger charge is 2.01. The predicted octanol–water partition coefficient (Wildman–Crippen LogP) is 1.61. The normalized spacial score (nSPS) is 10.7. The molecule has 0 fully saturated rings. The van der Waals surface area contributed by atoms with E-state index in [9.17, 15) is 0 Å². The summed E-state index contributed by atoms with van der Waals surface area (Å²) in [5.74, 6) is 0. The van der Waals surface area contributed by atoms with Crippen LogP contribution in [0.1, 0.15) is 0 Å². The van der Waals surface area contributed by atoms with E-state index in [2.05, 4.69) is 19.9 Å². The second-order valence-corrected chi connectivity index (χ2v) is 3.23. The Hall–Kier alpha value is -0.430. The molecule has 0 aliphatic heterocycles. The van der Waals surface area contributed by atoms with Crippen molar-refractivity contribution in [3.8, 4) is 0 Å². The molecule has 0 saturated carbocycles. The highest BCUT2D eigenvalue weighted by molar-refractivity contribution is 14.1. The third-order valence-corrected chi connectivity index (χ3v) is 1.88. The molecule has 6 heteroatoms. The van der Waals surface area contributed by atoms with Gasteiger partial charge in [-0.1, -0.05) is 0 Å². The maximum Gasteiger partial charge on any atom is 0.202 e. The van der Waals surface area contributed by atoms with Gasteiger partial charge in [0.1, 0.15) is 5.52 Å². The summed E-state index contributed by atoms with van der Waals surface area (Å²) in [5.41, 5.74) is 1.37. The van der Waals surface area contributed by atoms with E-state index >= 15 is 0 Å². The van der Waals surface area contributed by atoms with Crippen LogP contribution in [0, 0.1) is 3.83 Å². The number of aromatic amines is 1. The number of hydrogen-bond acceptors (Lipinski definition) is 3. The van der Waals surface area contributed by atoms with Crippen molar-refractivity contribution in [2.75, 3.05) is 0 Å². The van der Waals surface area contributed by atoms with E-state index in [0.717, 1.165) is 5.52 Å². The molecule has 0 spiro atoms. The summed E-state index contributed by atoms with van der Waals surface area (Å²) >= 11 is 7.62. The monoisotopic (exact) mass is 280 g/mol. The van der Waals surface area contributed by atoms with Gasteiger partial charge < -0.3 is 4.98 Å². The Kier molecular flexibility index (Phi) is 1.68. The molecular weight excluding hydrogens is 278 g/mol. The summed E-state index contributed by atoms with van der Waals surface area (Å²) in [4.78, 5) is 14.8. The number of hydrogen-bond donors (Lipinski definition) is 1. The van der Waals surface area contributed by atoms with Gasteiger partial charge in [-0.15, -0.1) is 0 Å². The van der Waals surface area contributed by atoms with Crippen molar-refractivity contribution in [2.45, 2.75) is 0 Å². The molecule has 0 unspecified atom stereocenters. The van der Waals surface area contributed by atoms with Crippen LogP contribution in [-0.4, -0.2) is 19.9 Å². The largest absolute Gasteiger partial charge is 0.326 e. The zero-order chi connectivity index (χ0) is 7.84. The van der Waals surface area contributed by atoms with Gasteiger partial charge in [0.25, 0.3) is 0 Å². The average Bonchev–Trinajstić information content (AvgIpc) is 2.27. The Labute approximate surface area is 80.5 Å². The highest BCUT2D eigenvalue weighted by atomic mass is 127. The lowest BCUT2D eigenvalue weighted by molar-refractivity contribution is 1.14. The minimum Gasteiger partial charge on any atom is -0.326 e. The number of imidazole rings is 1. The Morgan fingerprint density at radius 2 is 2.27 bits per heavy atom. The van der Waals surface area contributed by atoms with Gasteiger partial charge in [0.05, 0.1) is 6.20 Å². The summed E-state index contributed by atoms with van der Waals surface area (Å²) < 4.78 is 0.665. The third-order valence-electron chi connectivity index (χ3n) is 1.18. The Morgan fingerprint density at radius 3 is 3.09 bits per heavy atom. The second kappa shape index (κ2) is 2.56. The zero-order valence-electron chi connectivity index (χ0n) is 5.17. The van der Waals surface area contributed by atoms with Crippen molar-refractivity contribution < 1.29 is 0 Å². The third kappa shape index (κ3) is 1.30. The molecule has 11 heavy (non-hydrogen) atoms. The van der Waals surface area contributed by atoms with Crippen molar-refractivity contribution in [1.82, 2.24) is 19.9 Å². The lowest BCUT2D eigenvalue weighted by atomic mass is 10.6. The van der Waals surface area contributed by atoms with Crippen molar-refractivity contribution in [1.29, 1.82) is 0 Å². The fraction of sp³-hybridized carbons (Fsp3) is 0. The Bertz CT molecular complexity index is 398. The first-order valence-electron chi connectivity index (χ1n) is 2.79. The SMILES string of the molecule is Clc1nc2nc(I)ncc2[nH]1. The molecule has 2 aromatic rings. The van der Waals surface area contributed by atoms with E-state index in [4.69, 9.17) is 11.6 Å². The fourth-order valence-corrected chi connectivity index (χ4v) is 1.31. The molecule has 2 rings (SSSR count). The van der Waals surface area contributed by atoms with Gasteiger partial charge >= 0.3 is 0 Å². The molecule has 0 bridgehead atoms. The molecule has 0 radical (unpaired) electrons. The van der Waals surface area contributed by atoms with Crippen LogP contribution in [-0.2, 0) is 0 Å². The minimum atomic E-state index is 0.344. The number of halogens is 2. The molecule has 0 aliphatic carbocycles. The number of rotatable bonds is 0. The molecule has 2 heterocycles. The highest BCUT2D eigenvalue weighted by Crippen LogP contribution is 2.11. The van der Waals surface area contributed by atoms with E-state index < -0.39 is 0 Å². The molecule has 2 aromatic heterocycles. The lowest BCUT2D eigenvalue weighted by Crippen LogP contribution is -1.85. The average molecular weight is 280 g/mol. The van der Waals surface area contributed by atoms with Crippen molar-refractivity contribution in [3.05, 3.63) is 15.3 Å². The van der Waals surface area contributed by atoms with Crippen molar-refractivity contribution >= 4 is 45.4 Å². The summed E-state index contributed by atoms with van der Waals surface area (Å²) in [5, 5.41) is 0.344. The Morgan fingerprint density at radius 1 is 1.45 bits per heavy atom. The topological polar surface area (TPSA) is 54.5 Å². The fourth-order valence-electron chi connectivity index (χ4n) is 0.757. The van der Waals surface area contributed by atoms with Gasteiger partial charge in [-0.2, -0.15) is 4.98 Å². The van der Waals surface area contributed by atoms with Crippen LogP contribution in [0.5, 0.6) is 0 Å². The molecule has 1 N–H and O–H groups in total. The van der Waals surface area contributed by atoms with Crippen molar-refractivity contribution in [3.63, 3.8) is 0 Å². The van der Waals surface area contributed by atoms with Crippen LogP contribution in [0.4, 0.5) is 0 Å². The standard InChI is InChI=1S/C5H2ClIN4/c6-4-9-2-1-8-5(7)11-3(2)10-4/h1H,(H,8,9,10,11). The molecule has 0 aromatic carbocycles. The van der Waals surface area contributed by atoms with E-state index in [1.165, 1.54) is 0 Å². The maximum atomic E-state index is 5.60. The number of nitrogens with one attached hydrogen (secondary N) is 1. The van der Waals surface area contributed by atoms with Crippen LogP contribution in [0.15, 0.2) is 6.20 Å². The Balaban J connectivity index is 2.82. The smallest absolute Gasteiger partial charge is 0.202 e. The van der Waals surface area contributed by atoms with E-state index in [-0.39, 0.29) is 0 Å². The van der Waals surface area contributed by atoms with Crippen LogP contribution in [0.25, 0.3) is 11.2 Å². The summed E-state index contributed by atoms with van der Waals surface area (Å²) in [6, 6.07) is 0. The van der Waals surface area contributed by atoms with Gasteiger partial charge in [-0.05, 0) is 11.6 Å². The lowest BCUT2D eigenvalue weighted by Gasteiger charge is -1.85. The predicted molar refractivity (Wildman–Crippen MR) is 49.4 cm³/mol. The molecule has 0 atom stereocenters. The summed E-state index contributed by atoms with van der Waals surface area (Å²) in [6.45, 7) is 0. The van der Waals surface area contributed by atoms with Crippen LogP contribution >= 0.6 is 34.2 Å². The van der Waals surface area contributed by atoms with E-state index in [0.29, 0.717) is 14.8 Å². The van der Waals surface area contributed by atoms with Gasteiger partial charge in [0.15, 0.2) is 9.48 Å². The molecule has 4 nitrogen and oxygen atoms in total. The molecule has 0 amide bonds. The number of nitrogens with zero attached hydrogens (tertiary/aromatic N) is 3. The van der Waals surface area contributed by atoms with Crippen molar-refractivity contribution in [2.24, 2.45) is 0 Å². The quantitative estimate of drug-likeness (QED) is 0.453. The number of H-pyrrole nitrogens is 1. The molecule has 0 saturated heterocycles. The van der Waals surface area contributed by atoms with Crippen LogP contribution < -0.4 is 0 Å². The second-order valence-electron chi connectivity index (χ2n) is 1.90. The van der Waals surface area contributed by atoms with Gasteiger partial charge in [-0.25, -0.2) is 9.97 Å². The number of fused-ring (bicyclic) bond motifs is 1. The van der Waals surface area contributed by atoms with E-state index in [1.807, 2.05) is 22.6 Å². The first-order chi connectivity index (χ1) is 5.25. The van der Waals surface area contributed by atoms with Crippen LogP contribution in [0.3, 0.4) is 0 Å². The maximum absolute atomic E-state index is 5.60. The molecule has 56 valence electrons. The van der Waals surface area contributed by atoms with E-state index in [1.54, 1.807) is 6.20 Å². The zero-order valence-corrected chi connectivity index (χ0v) is 8.09. The van der Waals surface area contributed by atoms with Gasteiger partial charge in [0.2, 0.25) is 5.28 Å². The first-order valence-corrected chi connectivity index (χ1v) is 4.25. The minimum absolute atomic E-state index is 0.344. The molecule has 0 aliphatic rings. The van der Waals surface area contributed by atoms with Gasteiger partial charge in [0, 0.05) is 22.6 Å². The summed E-state index contributed by atoms with van der Waals surface area (Å²) in [6.07, 6.45) is 1.66. The molecular formula is C5H2ClIN4. The van der Waals surface area contributed by atoms with Gasteiger partial charge in [-0.3, -0.25) is 0 Å². The summed E-state index contributed by atoms with van der Waals surface area (Å²) in [7, 11) is 0. The first kappa shape index (κ1) is 7.23. The van der Waals surface area contributed by atoms with Crippen LogP contribution in [0.2, 0.25) is 5.28 Å². The number of aromatic nitrogens is 4.